The fraction of sp³-hybridized carbons (Fsp3) is 0.556. The molecule has 0 saturated heterocycles. The number of carbonyl (C=O) groups is 2. The largest absolute Gasteiger partial charge is 0.352 e. The first-order valence-corrected chi connectivity index (χ1v) is 8.31. The van der Waals surface area contributed by atoms with Crippen molar-refractivity contribution in [3.63, 3.8) is 0 Å². The molecule has 0 spiro atoms. The Hall–Kier alpha value is -1.68. The maximum Gasteiger partial charge on any atom is 0.220 e. The Kier molecular flexibility index (Phi) is 7.10. The maximum absolute atomic E-state index is 11.8. The van der Waals surface area contributed by atoms with Crippen LogP contribution in [0.25, 0.3) is 0 Å². The summed E-state index contributed by atoms with van der Waals surface area (Å²) in [7, 11) is 0. The van der Waals surface area contributed by atoms with E-state index in [1.165, 1.54) is 5.56 Å². The lowest BCUT2D eigenvalue weighted by Gasteiger charge is -2.08. The van der Waals surface area contributed by atoms with Crippen LogP contribution in [0.3, 0.4) is 0 Å². The minimum atomic E-state index is 0.0697. The van der Waals surface area contributed by atoms with E-state index in [2.05, 4.69) is 22.8 Å². The van der Waals surface area contributed by atoms with Gasteiger partial charge >= 0.3 is 0 Å². The van der Waals surface area contributed by atoms with E-state index in [-0.39, 0.29) is 5.91 Å². The SMILES string of the molecule is O=C1CCCCNCc2cccc(c2)CNC(=O)CCCC1. The van der Waals surface area contributed by atoms with Crippen LogP contribution in [0.1, 0.15) is 56.1 Å². The number of hydrogen-bond acceptors (Lipinski definition) is 3. The molecule has 0 atom stereocenters. The lowest BCUT2D eigenvalue weighted by atomic mass is 10.1. The fourth-order valence-corrected chi connectivity index (χ4v) is 2.68. The molecule has 0 saturated carbocycles. The average Bonchev–Trinajstić information content (AvgIpc) is 2.52. The van der Waals surface area contributed by atoms with Crippen LogP contribution in [0.4, 0.5) is 0 Å². The zero-order chi connectivity index (χ0) is 15.6. The van der Waals surface area contributed by atoms with Gasteiger partial charge in [-0.05, 0) is 43.4 Å². The highest BCUT2D eigenvalue weighted by molar-refractivity contribution is 5.78. The first kappa shape index (κ1) is 16.7. The number of amides is 1. The highest BCUT2D eigenvalue weighted by Gasteiger charge is 2.06. The molecule has 1 aromatic carbocycles. The van der Waals surface area contributed by atoms with Crippen molar-refractivity contribution in [3.8, 4) is 0 Å². The van der Waals surface area contributed by atoms with E-state index < -0.39 is 0 Å². The summed E-state index contributed by atoms with van der Waals surface area (Å²) in [5, 5.41) is 6.37. The van der Waals surface area contributed by atoms with E-state index in [0.29, 0.717) is 31.6 Å². The number of hydrogen-bond donors (Lipinski definition) is 2. The predicted molar refractivity (Wildman–Crippen MR) is 87.3 cm³/mol. The summed E-state index contributed by atoms with van der Waals surface area (Å²) in [5.41, 5.74) is 2.36. The molecular weight excluding hydrogens is 276 g/mol. The van der Waals surface area contributed by atoms with Crippen molar-refractivity contribution in [2.45, 2.75) is 58.0 Å². The minimum Gasteiger partial charge on any atom is -0.352 e. The molecule has 0 unspecified atom stereocenters. The summed E-state index contributed by atoms with van der Waals surface area (Å²) in [6, 6.07) is 8.30. The van der Waals surface area contributed by atoms with Gasteiger partial charge in [0.25, 0.3) is 0 Å². The summed E-state index contributed by atoms with van der Waals surface area (Å²) in [6.45, 7) is 2.34. The zero-order valence-electron chi connectivity index (χ0n) is 13.2. The lowest BCUT2D eigenvalue weighted by molar-refractivity contribution is -0.122. The van der Waals surface area contributed by atoms with Crippen LogP contribution in [-0.2, 0) is 22.7 Å². The van der Waals surface area contributed by atoms with Crippen LogP contribution >= 0.6 is 0 Å². The van der Waals surface area contributed by atoms with Gasteiger partial charge in [0.2, 0.25) is 5.91 Å². The number of carbonyl (C=O) groups excluding carboxylic acids is 2. The van der Waals surface area contributed by atoms with Gasteiger partial charge in [0.15, 0.2) is 0 Å². The van der Waals surface area contributed by atoms with E-state index >= 15 is 0 Å². The Morgan fingerprint density at radius 1 is 0.818 bits per heavy atom. The first-order chi connectivity index (χ1) is 10.7. The third-order valence-corrected chi connectivity index (χ3v) is 3.98. The van der Waals surface area contributed by atoms with Crippen LogP contribution < -0.4 is 10.6 Å². The van der Waals surface area contributed by atoms with E-state index in [4.69, 9.17) is 0 Å². The van der Waals surface area contributed by atoms with Crippen molar-refractivity contribution in [2.24, 2.45) is 0 Å². The normalized spacial score (nSPS) is 19.3. The Bertz CT molecular complexity index is 500. The molecule has 1 amide bonds. The predicted octanol–water partition coefficient (Wildman–Crippen LogP) is 2.71. The highest BCUT2D eigenvalue weighted by Crippen LogP contribution is 2.08. The molecule has 0 radical (unpaired) electrons. The number of nitrogens with one attached hydrogen (secondary N) is 2. The number of Topliss-reactive ketones (excluding diaryl/α,β-unsaturated/α-hetero) is 1. The molecule has 0 aromatic heterocycles. The number of fused-ring (bicyclic) bond motifs is 2. The molecule has 0 fully saturated rings. The highest BCUT2D eigenvalue weighted by atomic mass is 16.1. The molecule has 4 heteroatoms. The van der Waals surface area contributed by atoms with Crippen LogP contribution in [0.2, 0.25) is 0 Å². The molecule has 2 bridgehead atoms. The monoisotopic (exact) mass is 302 g/mol. The summed E-state index contributed by atoms with van der Waals surface area (Å²) in [4.78, 5) is 23.5. The van der Waals surface area contributed by atoms with Gasteiger partial charge in [-0.3, -0.25) is 9.59 Å². The van der Waals surface area contributed by atoms with Gasteiger partial charge in [0, 0.05) is 32.4 Å². The van der Waals surface area contributed by atoms with Crippen molar-refractivity contribution < 1.29 is 9.59 Å². The Morgan fingerprint density at radius 3 is 2.32 bits per heavy atom. The Labute approximate surface area is 132 Å². The van der Waals surface area contributed by atoms with Gasteiger partial charge in [0.05, 0.1) is 0 Å². The summed E-state index contributed by atoms with van der Waals surface area (Å²) >= 11 is 0. The summed E-state index contributed by atoms with van der Waals surface area (Å²) in [6.07, 6.45) is 5.39. The van der Waals surface area contributed by atoms with Gasteiger partial charge in [-0.25, -0.2) is 0 Å². The van der Waals surface area contributed by atoms with Crippen LogP contribution in [0, 0.1) is 0 Å². The fourth-order valence-electron chi connectivity index (χ4n) is 2.68. The second-order valence-corrected chi connectivity index (χ2v) is 5.98. The molecular formula is C18H26N2O2. The smallest absolute Gasteiger partial charge is 0.220 e. The number of ketones is 1. The van der Waals surface area contributed by atoms with Crippen molar-refractivity contribution in [1.82, 2.24) is 10.6 Å². The van der Waals surface area contributed by atoms with Crippen molar-refractivity contribution in [3.05, 3.63) is 35.4 Å². The number of benzene rings is 1. The lowest BCUT2D eigenvalue weighted by Crippen LogP contribution is -2.22. The van der Waals surface area contributed by atoms with E-state index in [1.807, 2.05) is 12.1 Å². The molecule has 1 aromatic rings. The van der Waals surface area contributed by atoms with E-state index in [0.717, 1.165) is 44.3 Å². The average molecular weight is 302 g/mol. The van der Waals surface area contributed by atoms with Gasteiger partial charge < -0.3 is 10.6 Å². The molecule has 1 aliphatic heterocycles. The first-order valence-electron chi connectivity index (χ1n) is 8.31. The van der Waals surface area contributed by atoms with Crippen LogP contribution in [-0.4, -0.2) is 18.2 Å². The van der Waals surface area contributed by atoms with E-state index in [9.17, 15) is 9.59 Å². The molecule has 0 aliphatic carbocycles. The van der Waals surface area contributed by atoms with Gasteiger partial charge in [-0.15, -0.1) is 0 Å². The van der Waals surface area contributed by atoms with Crippen LogP contribution in [0.15, 0.2) is 24.3 Å². The van der Waals surface area contributed by atoms with Gasteiger partial charge in [0.1, 0.15) is 5.78 Å². The molecule has 22 heavy (non-hydrogen) atoms. The molecule has 120 valence electrons. The molecule has 1 heterocycles. The van der Waals surface area contributed by atoms with E-state index in [1.54, 1.807) is 0 Å². The second-order valence-electron chi connectivity index (χ2n) is 5.98. The topological polar surface area (TPSA) is 58.2 Å². The van der Waals surface area contributed by atoms with Crippen molar-refractivity contribution in [2.75, 3.05) is 6.54 Å². The molecule has 2 rings (SSSR count). The number of rotatable bonds is 0. The Morgan fingerprint density at radius 2 is 1.50 bits per heavy atom. The maximum atomic E-state index is 11.8. The Balaban J connectivity index is 1.91. The molecule has 1 aliphatic rings. The summed E-state index contributed by atoms with van der Waals surface area (Å²) in [5.74, 6) is 0.400. The van der Waals surface area contributed by atoms with Gasteiger partial charge in [-0.1, -0.05) is 24.3 Å². The quantitative estimate of drug-likeness (QED) is 0.774. The minimum absolute atomic E-state index is 0.0697. The molecule has 2 N–H and O–H groups in total. The van der Waals surface area contributed by atoms with Crippen LogP contribution in [0.5, 0.6) is 0 Å². The zero-order valence-corrected chi connectivity index (χ0v) is 13.2. The third-order valence-electron chi connectivity index (χ3n) is 3.98. The van der Waals surface area contributed by atoms with Crippen molar-refractivity contribution >= 4 is 11.7 Å². The second kappa shape index (κ2) is 9.36. The van der Waals surface area contributed by atoms with Crippen molar-refractivity contribution in [1.29, 1.82) is 0 Å². The van der Waals surface area contributed by atoms with Gasteiger partial charge in [-0.2, -0.15) is 0 Å². The summed E-state index contributed by atoms with van der Waals surface area (Å²) < 4.78 is 0. The molecule has 4 nitrogen and oxygen atoms in total. The standard InChI is InChI=1S/C18H26N2O2/c21-17-8-1-2-10-18(22)20-14-16-7-5-6-15(12-16)13-19-11-4-3-9-17/h5-7,12,19H,1-4,8-11,13-14H2,(H,20,22). The third kappa shape index (κ3) is 6.39.